The molecule has 2 aliphatic heterocycles. The van der Waals surface area contributed by atoms with Crippen LogP contribution in [0.25, 0.3) is 0 Å². The molecule has 0 saturated carbocycles. The van der Waals surface area contributed by atoms with E-state index < -0.39 is 23.8 Å². The Balaban J connectivity index is 1.71. The molecule has 164 valence electrons. The lowest BCUT2D eigenvalue weighted by molar-refractivity contribution is -0.135. The van der Waals surface area contributed by atoms with E-state index >= 15 is 0 Å². The number of nitriles is 2. The number of amides is 2. The summed E-state index contributed by atoms with van der Waals surface area (Å²) in [7, 11) is 0. The molecule has 2 aliphatic rings. The summed E-state index contributed by atoms with van der Waals surface area (Å²) in [6, 6.07) is 10.4. The lowest BCUT2D eigenvalue weighted by atomic mass is 10.1. The van der Waals surface area contributed by atoms with Gasteiger partial charge in [-0.25, -0.2) is 4.79 Å². The highest BCUT2D eigenvalue weighted by Gasteiger charge is 2.44. The molecule has 0 aromatic heterocycles. The monoisotopic (exact) mass is 423 g/mol. The summed E-state index contributed by atoms with van der Waals surface area (Å²) in [5, 5.41) is 21.7. The minimum Gasteiger partial charge on any atom is -0.444 e. The normalized spacial score (nSPS) is 23.3. The highest BCUT2D eigenvalue weighted by Crippen LogP contribution is 2.26. The van der Waals surface area contributed by atoms with Gasteiger partial charge in [0.15, 0.2) is 0 Å². The third kappa shape index (κ3) is 5.53. The van der Waals surface area contributed by atoms with Crippen LogP contribution in [0, 0.1) is 22.7 Å². The Labute approximate surface area is 183 Å². The zero-order valence-corrected chi connectivity index (χ0v) is 18.3. The predicted molar refractivity (Wildman–Crippen MR) is 113 cm³/mol. The van der Waals surface area contributed by atoms with Crippen molar-refractivity contribution in [2.75, 3.05) is 13.1 Å². The summed E-state index contributed by atoms with van der Waals surface area (Å²) in [5.74, 6) is -0.183. The van der Waals surface area contributed by atoms with Gasteiger partial charge in [0.05, 0.1) is 17.7 Å². The molecule has 8 nitrogen and oxygen atoms in total. The van der Waals surface area contributed by atoms with Gasteiger partial charge in [0, 0.05) is 25.7 Å². The maximum atomic E-state index is 13.3. The molecule has 2 amide bonds. The van der Waals surface area contributed by atoms with Gasteiger partial charge in [0.2, 0.25) is 5.91 Å². The van der Waals surface area contributed by atoms with E-state index in [4.69, 9.17) is 10.00 Å². The van der Waals surface area contributed by atoms with E-state index in [9.17, 15) is 14.9 Å². The number of ether oxygens (including phenoxy) is 1. The average molecular weight is 424 g/mol. The first-order valence-corrected chi connectivity index (χ1v) is 10.6. The molecule has 1 N–H and O–H groups in total. The van der Waals surface area contributed by atoms with Gasteiger partial charge >= 0.3 is 6.09 Å². The van der Waals surface area contributed by atoms with Crippen molar-refractivity contribution < 1.29 is 14.3 Å². The molecule has 0 unspecified atom stereocenters. The Kier molecular flexibility index (Phi) is 6.82. The van der Waals surface area contributed by atoms with Gasteiger partial charge < -0.3 is 15.0 Å². The van der Waals surface area contributed by atoms with E-state index in [1.54, 1.807) is 37.8 Å². The van der Waals surface area contributed by atoms with Gasteiger partial charge in [-0.05, 0) is 57.7 Å². The largest absolute Gasteiger partial charge is 0.444 e. The van der Waals surface area contributed by atoms with Crippen LogP contribution in [-0.4, -0.2) is 58.6 Å². The summed E-state index contributed by atoms with van der Waals surface area (Å²) in [4.78, 5) is 29.2. The number of benzene rings is 1. The molecule has 31 heavy (non-hydrogen) atoms. The molecule has 0 radical (unpaired) electrons. The molecule has 0 bridgehead atoms. The van der Waals surface area contributed by atoms with Gasteiger partial charge in [0.25, 0.3) is 0 Å². The van der Waals surface area contributed by atoms with Crippen LogP contribution >= 0.6 is 0 Å². The molecule has 3 atom stereocenters. The number of carbonyl (C=O) groups is 2. The molecule has 1 aromatic carbocycles. The standard InChI is InChI=1S/C23H29N5O3/c1-23(2,3)31-22(30)28-15-18(26-14-17-8-6-16(12-24)7-9-17)11-20(28)21(29)27-10-4-5-19(27)13-25/h6-9,18-20,26H,4-5,10-11,14-15H2,1-3H3/t18-,19-,20-/m0/s1. The zero-order chi connectivity index (χ0) is 22.6. The summed E-state index contributed by atoms with van der Waals surface area (Å²) in [6.07, 6.45) is 1.41. The highest BCUT2D eigenvalue weighted by atomic mass is 16.6. The lowest BCUT2D eigenvalue weighted by Crippen LogP contribution is -2.50. The van der Waals surface area contributed by atoms with E-state index in [0.717, 1.165) is 12.0 Å². The number of likely N-dealkylation sites (tertiary alicyclic amines) is 2. The zero-order valence-electron chi connectivity index (χ0n) is 18.3. The number of nitrogens with zero attached hydrogens (tertiary/aromatic N) is 4. The molecule has 2 fully saturated rings. The van der Waals surface area contributed by atoms with Crippen LogP contribution in [-0.2, 0) is 16.1 Å². The van der Waals surface area contributed by atoms with Crippen LogP contribution in [0.4, 0.5) is 4.79 Å². The second kappa shape index (κ2) is 9.36. The molecule has 2 saturated heterocycles. The van der Waals surface area contributed by atoms with Gasteiger partial charge in [-0.2, -0.15) is 10.5 Å². The second-order valence-electron chi connectivity index (χ2n) is 9.09. The minimum absolute atomic E-state index is 0.0831. The molecular formula is C23H29N5O3. The van der Waals surface area contributed by atoms with Crippen molar-refractivity contribution in [1.82, 2.24) is 15.1 Å². The van der Waals surface area contributed by atoms with Crippen molar-refractivity contribution in [3.8, 4) is 12.1 Å². The van der Waals surface area contributed by atoms with Crippen molar-refractivity contribution >= 4 is 12.0 Å². The number of hydrogen-bond acceptors (Lipinski definition) is 6. The van der Waals surface area contributed by atoms with E-state index in [0.29, 0.717) is 38.0 Å². The molecule has 2 heterocycles. The quantitative estimate of drug-likeness (QED) is 0.797. The lowest BCUT2D eigenvalue weighted by Gasteiger charge is -2.30. The Morgan fingerprint density at radius 3 is 2.52 bits per heavy atom. The molecule has 0 aliphatic carbocycles. The first kappa shape index (κ1) is 22.6. The molecular weight excluding hydrogens is 394 g/mol. The maximum Gasteiger partial charge on any atom is 0.411 e. The van der Waals surface area contributed by atoms with Gasteiger partial charge in [-0.1, -0.05) is 12.1 Å². The van der Waals surface area contributed by atoms with Crippen LogP contribution < -0.4 is 5.32 Å². The highest BCUT2D eigenvalue weighted by molar-refractivity contribution is 5.87. The summed E-state index contributed by atoms with van der Waals surface area (Å²) >= 11 is 0. The third-order valence-electron chi connectivity index (χ3n) is 5.58. The Bertz CT molecular complexity index is 894. The van der Waals surface area contributed by atoms with Crippen molar-refractivity contribution in [2.45, 2.75) is 70.3 Å². The first-order chi connectivity index (χ1) is 14.7. The van der Waals surface area contributed by atoms with Crippen LogP contribution in [0.5, 0.6) is 0 Å². The van der Waals surface area contributed by atoms with Crippen LogP contribution in [0.1, 0.15) is 51.2 Å². The average Bonchev–Trinajstić information content (AvgIpc) is 3.38. The molecule has 0 spiro atoms. The number of carbonyl (C=O) groups excluding carboxylic acids is 2. The molecule has 8 heteroatoms. The van der Waals surface area contributed by atoms with E-state index in [-0.39, 0.29) is 11.9 Å². The van der Waals surface area contributed by atoms with Gasteiger partial charge in [-0.3, -0.25) is 9.69 Å². The topological polar surface area (TPSA) is 109 Å². The number of nitrogens with one attached hydrogen (secondary N) is 1. The SMILES string of the molecule is CC(C)(C)OC(=O)N1C[C@@H](NCc2ccc(C#N)cc2)C[C@H]1C(=O)N1CCC[C@H]1C#N. The number of hydrogen-bond donors (Lipinski definition) is 1. The summed E-state index contributed by atoms with van der Waals surface area (Å²) in [5.41, 5.74) is 0.951. The van der Waals surface area contributed by atoms with Crippen LogP contribution in [0.15, 0.2) is 24.3 Å². The van der Waals surface area contributed by atoms with E-state index in [1.807, 2.05) is 12.1 Å². The van der Waals surface area contributed by atoms with Gasteiger partial charge in [-0.15, -0.1) is 0 Å². The van der Waals surface area contributed by atoms with E-state index in [1.165, 1.54) is 4.90 Å². The van der Waals surface area contributed by atoms with E-state index in [2.05, 4.69) is 17.5 Å². The Hall–Kier alpha value is -3.10. The maximum absolute atomic E-state index is 13.3. The Morgan fingerprint density at radius 2 is 1.90 bits per heavy atom. The van der Waals surface area contributed by atoms with Crippen LogP contribution in [0.3, 0.4) is 0 Å². The summed E-state index contributed by atoms with van der Waals surface area (Å²) in [6.45, 7) is 6.84. The fourth-order valence-corrected chi connectivity index (χ4v) is 4.06. The Morgan fingerprint density at radius 1 is 1.19 bits per heavy atom. The van der Waals surface area contributed by atoms with Crippen LogP contribution in [0.2, 0.25) is 0 Å². The molecule has 1 aromatic rings. The second-order valence-corrected chi connectivity index (χ2v) is 9.09. The smallest absolute Gasteiger partial charge is 0.411 e. The predicted octanol–water partition coefficient (Wildman–Crippen LogP) is 2.54. The van der Waals surface area contributed by atoms with Crippen molar-refractivity contribution in [3.05, 3.63) is 35.4 Å². The van der Waals surface area contributed by atoms with Gasteiger partial charge in [0.1, 0.15) is 17.7 Å². The van der Waals surface area contributed by atoms with Crippen molar-refractivity contribution in [1.29, 1.82) is 10.5 Å². The van der Waals surface area contributed by atoms with Crippen molar-refractivity contribution in [2.24, 2.45) is 0 Å². The summed E-state index contributed by atoms with van der Waals surface area (Å²) < 4.78 is 5.55. The van der Waals surface area contributed by atoms with Crippen molar-refractivity contribution in [3.63, 3.8) is 0 Å². The fourth-order valence-electron chi connectivity index (χ4n) is 4.06. The third-order valence-corrected chi connectivity index (χ3v) is 5.58. The first-order valence-electron chi connectivity index (χ1n) is 10.6. The fraction of sp³-hybridized carbons (Fsp3) is 0.565. The molecule has 3 rings (SSSR count). The number of rotatable bonds is 4. The minimum atomic E-state index is -0.665.